The first kappa shape index (κ1) is 12.8. The fourth-order valence-electron chi connectivity index (χ4n) is 0.365. The van der Waals surface area contributed by atoms with E-state index in [9.17, 15) is 35.9 Å². The maximum Gasteiger partial charge on any atom is 0.470 e. The molecule has 78 valence electrons. The van der Waals surface area contributed by atoms with Gasteiger partial charge in [-0.3, -0.25) is 9.59 Å². The molecule has 3 nitrogen and oxygen atoms in total. The van der Waals surface area contributed by atoms with Crippen molar-refractivity contribution in [2.45, 2.75) is 12.4 Å². The van der Waals surface area contributed by atoms with Gasteiger partial charge < -0.3 is 4.81 Å². The Morgan fingerprint density at radius 2 is 1.07 bits per heavy atom. The lowest BCUT2D eigenvalue weighted by Crippen LogP contribution is -2.48. The van der Waals surface area contributed by atoms with E-state index in [1.807, 2.05) is 0 Å². The lowest BCUT2D eigenvalue weighted by Gasteiger charge is -2.18. The van der Waals surface area contributed by atoms with E-state index in [0.29, 0.717) is 0 Å². The van der Waals surface area contributed by atoms with Crippen LogP contribution in [0.3, 0.4) is 0 Å². The third kappa shape index (κ3) is 2.93. The molecule has 0 saturated heterocycles. The van der Waals surface area contributed by atoms with Gasteiger partial charge in [0.1, 0.15) is 0 Å². The minimum atomic E-state index is -5.63. The van der Waals surface area contributed by atoms with Crippen molar-refractivity contribution in [2.75, 3.05) is 0 Å². The van der Waals surface area contributed by atoms with Crippen LogP contribution in [-0.4, -0.2) is 37.0 Å². The van der Waals surface area contributed by atoms with E-state index < -0.39 is 29.0 Å². The molecule has 0 fully saturated rings. The molecular formula is C4BF6NO2. The first-order valence-corrected chi connectivity index (χ1v) is 2.75. The number of amides is 2. The maximum atomic E-state index is 11.5. The second-order valence-corrected chi connectivity index (χ2v) is 1.98. The molecule has 0 aliphatic heterocycles. The molecule has 0 saturated carbocycles. The normalized spacial score (nSPS) is 12.4. The number of rotatable bonds is 0. The molecule has 0 bridgehead atoms. The smallest absolute Gasteiger partial charge is 0.325 e. The van der Waals surface area contributed by atoms with Gasteiger partial charge in [0.25, 0.3) is 0 Å². The van der Waals surface area contributed by atoms with E-state index in [1.54, 1.807) is 0 Å². The number of halogens is 6. The van der Waals surface area contributed by atoms with E-state index in [0.717, 1.165) is 0 Å². The Balaban J connectivity index is 4.74. The Morgan fingerprint density at radius 1 is 0.857 bits per heavy atom. The van der Waals surface area contributed by atoms with Gasteiger partial charge in [0.2, 0.25) is 7.98 Å². The summed E-state index contributed by atoms with van der Waals surface area (Å²) >= 11 is 0. The van der Waals surface area contributed by atoms with Gasteiger partial charge in [-0.1, -0.05) is 0 Å². The molecule has 0 rings (SSSR count). The highest BCUT2D eigenvalue weighted by atomic mass is 19.4. The maximum absolute atomic E-state index is 11.5. The van der Waals surface area contributed by atoms with Crippen molar-refractivity contribution in [3.05, 3.63) is 0 Å². The second kappa shape index (κ2) is 3.50. The Bertz CT molecular complexity index is 232. The summed E-state index contributed by atoms with van der Waals surface area (Å²) in [5.74, 6) is -6.17. The minimum absolute atomic E-state index is 1.53. The van der Waals surface area contributed by atoms with Gasteiger partial charge in [-0.05, 0) is 0 Å². The van der Waals surface area contributed by atoms with Crippen molar-refractivity contribution in [2.24, 2.45) is 0 Å². The zero-order valence-corrected chi connectivity index (χ0v) is 6.11. The van der Waals surface area contributed by atoms with Crippen LogP contribution < -0.4 is 0 Å². The lowest BCUT2D eigenvalue weighted by atomic mass is 10.2. The lowest BCUT2D eigenvalue weighted by molar-refractivity contribution is -0.197. The van der Waals surface area contributed by atoms with Gasteiger partial charge in [0, 0.05) is 0 Å². The third-order valence-corrected chi connectivity index (χ3v) is 0.923. The van der Waals surface area contributed by atoms with Crippen molar-refractivity contribution in [3.63, 3.8) is 0 Å². The molecule has 0 atom stereocenters. The molecule has 0 aliphatic rings. The van der Waals surface area contributed by atoms with E-state index >= 15 is 0 Å². The van der Waals surface area contributed by atoms with Crippen LogP contribution in [-0.2, 0) is 9.59 Å². The molecule has 0 aliphatic carbocycles. The highest BCUT2D eigenvalue weighted by molar-refractivity contribution is 6.26. The molecule has 0 aromatic heterocycles. The zero-order valence-electron chi connectivity index (χ0n) is 6.11. The molecule has 0 N–H and O–H groups in total. The number of nitrogens with zero attached hydrogens (tertiary/aromatic N) is 1. The Morgan fingerprint density at radius 3 is 1.21 bits per heavy atom. The van der Waals surface area contributed by atoms with Crippen molar-refractivity contribution in [1.29, 1.82) is 0 Å². The number of alkyl halides is 6. The first-order valence-electron chi connectivity index (χ1n) is 2.75. The number of hydrogen-bond donors (Lipinski definition) is 0. The van der Waals surface area contributed by atoms with Crippen LogP contribution in [0.1, 0.15) is 0 Å². The molecule has 0 unspecified atom stereocenters. The molecule has 2 radical (unpaired) electrons. The van der Waals surface area contributed by atoms with Gasteiger partial charge in [-0.15, -0.1) is 0 Å². The average molecular weight is 219 g/mol. The predicted molar refractivity (Wildman–Crippen MR) is 29.7 cm³/mol. The van der Waals surface area contributed by atoms with E-state index in [-0.39, 0.29) is 0 Å². The summed E-state index contributed by atoms with van der Waals surface area (Å²) in [4.78, 5) is 18.5. The molecule has 10 heteroatoms. The third-order valence-electron chi connectivity index (χ3n) is 0.923. The van der Waals surface area contributed by atoms with Crippen LogP contribution in [0.15, 0.2) is 0 Å². The van der Waals surface area contributed by atoms with Gasteiger partial charge >= 0.3 is 24.2 Å². The quantitative estimate of drug-likeness (QED) is 0.440. The van der Waals surface area contributed by atoms with Gasteiger partial charge in [-0.2, -0.15) is 26.3 Å². The van der Waals surface area contributed by atoms with Gasteiger partial charge in [-0.25, -0.2) is 0 Å². The van der Waals surface area contributed by atoms with Crippen LogP contribution in [0, 0.1) is 0 Å². The van der Waals surface area contributed by atoms with Crippen molar-refractivity contribution in [3.8, 4) is 0 Å². The summed E-state index contributed by atoms with van der Waals surface area (Å²) in [7, 11) is 4.03. The molecule has 14 heavy (non-hydrogen) atoms. The molecule has 0 aromatic rings. The topological polar surface area (TPSA) is 37.4 Å². The van der Waals surface area contributed by atoms with Crippen LogP contribution in [0.5, 0.6) is 0 Å². The first-order chi connectivity index (χ1) is 5.98. The highest BCUT2D eigenvalue weighted by Crippen LogP contribution is 2.22. The van der Waals surface area contributed by atoms with Crippen molar-refractivity contribution in [1.82, 2.24) is 4.81 Å². The number of hydrogen-bond acceptors (Lipinski definition) is 2. The molecule has 0 aromatic carbocycles. The number of carbonyl (C=O) groups excluding carboxylic acids is 2. The fraction of sp³-hybridized carbons (Fsp3) is 0.500. The monoisotopic (exact) mass is 219 g/mol. The zero-order chi connectivity index (χ0) is 11.7. The summed E-state index contributed by atoms with van der Waals surface area (Å²) in [5, 5.41) is 0. The molecule has 0 heterocycles. The standard InChI is InChI=1S/C4BF6NO2/c5-12(1(13)3(6,7)8)2(14)4(9,10)11. The van der Waals surface area contributed by atoms with Crippen molar-refractivity contribution >= 4 is 19.8 Å². The summed E-state index contributed by atoms with van der Waals surface area (Å²) in [6, 6.07) is 0. The fourth-order valence-corrected chi connectivity index (χ4v) is 0.365. The summed E-state index contributed by atoms with van der Waals surface area (Å²) in [5.41, 5.74) is 0. The van der Waals surface area contributed by atoms with E-state index in [1.165, 1.54) is 0 Å². The highest BCUT2D eigenvalue weighted by Gasteiger charge is 2.49. The average Bonchev–Trinajstić information content (AvgIpc) is 1.97. The number of carbonyl (C=O) groups is 2. The summed E-state index contributed by atoms with van der Waals surface area (Å²) in [6.07, 6.45) is -11.3. The SMILES string of the molecule is [B]N(C(=O)C(F)(F)F)C(=O)C(F)(F)F. The predicted octanol–water partition coefficient (Wildman–Crippen LogP) is 0.550. The van der Waals surface area contributed by atoms with Crippen LogP contribution in [0.2, 0.25) is 0 Å². The Labute approximate surface area is 74.1 Å². The van der Waals surface area contributed by atoms with E-state index in [4.69, 9.17) is 0 Å². The van der Waals surface area contributed by atoms with Gasteiger partial charge in [0.05, 0.1) is 0 Å². The Kier molecular flexibility index (Phi) is 3.20. The summed E-state index contributed by atoms with van der Waals surface area (Å²) in [6.45, 7) is 0. The molecular weight excluding hydrogens is 219 g/mol. The van der Waals surface area contributed by atoms with Crippen molar-refractivity contribution < 1.29 is 35.9 Å². The van der Waals surface area contributed by atoms with Gasteiger partial charge in [0.15, 0.2) is 0 Å². The molecule has 2 amide bonds. The second-order valence-electron chi connectivity index (χ2n) is 1.98. The summed E-state index contributed by atoms with van der Waals surface area (Å²) < 4.78 is 68.7. The van der Waals surface area contributed by atoms with Crippen LogP contribution in [0.25, 0.3) is 0 Å². The largest absolute Gasteiger partial charge is 0.470 e. The number of imide groups is 1. The minimum Gasteiger partial charge on any atom is -0.325 e. The van der Waals surface area contributed by atoms with Crippen LogP contribution in [0.4, 0.5) is 26.3 Å². The van der Waals surface area contributed by atoms with Crippen LogP contribution >= 0.6 is 0 Å². The molecule has 0 spiro atoms. The van der Waals surface area contributed by atoms with E-state index in [2.05, 4.69) is 7.98 Å². The Hall–Kier alpha value is -1.22.